The summed E-state index contributed by atoms with van der Waals surface area (Å²) in [6.45, 7) is 3.08. The highest BCUT2D eigenvalue weighted by Gasteiger charge is 2.15. The molecule has 0 amide bonds. The van der Waals surface area contributed by atoms with Crippen molar-refractivity contribution in [3.63, 3.8) is 0 Å². The number of carbonyl (C=O) groups is 2. The Morgan fingerprint density at radius 3 is 2.45 bits per heavy atom. The van der Waals surface area contributed by atoms with Gasteiger partial charge < -0.3 is 14.9 Å². The van der Waals surface area contributed by atoms with Gasteiger partial charge in [-0.1, -0.05) is 24.8 Å². The summed E-state index contributed by atoms with van der Waals surface area (Å²) in [6.07, 6.45) is -0.814. The van der Waals surface area contributed by atoms with E-state index in [9.17, 15) is 19.8 Å². The van der Waals surface area contributed by atoms with Gasteiger partial charge in [-0.05, 0) is 31.1 Å². The Balaban J connectivity index is 2.30. The van der Waals surface area contributed by atoms with Crippen molar-refractivity contribution in [2.75, 3.05) is 6.61 Å². The fourth-order valence-electron chi connectivity index (χ4n) is 1.54. The fourth-order valence-corrected chi connectivity index (χ4v) is 1.54. The van der Waals surface area contributed by atoms with E-state index in [2.05, 4.69) is 6.58 Å². The van der Waals surface area contributed by atoms with Crippen molar-refractivity contribution in [2.24, 2.45) is 0 Å². The van der Waals surface area contributed by atoms with E-state index < -0.39 is 24.0 Å². The molecule has 0 saturated heterocycles. The number of rotatable bonds is 8. The van der Waals surface area contributed by atoms with Gasteiger partial charge in [0.1, 0.15) is 12.7 Å². The van der Waals surface area contributed by atoms with Crippen LogP contribution in [0.1, 0.15) is 23.2 Å². The van der Waals surface area contributed by atoms with Crippen LogP contribution in [0.3, 0.4) is 0 Å². The van der Waals surface area contributed by atoms with Crippen molar-refractivity contribution in [2.45, 2.75) is 25.0 Å². The Hall–Kier alpha value is -1.98. The first kappa shape index (κ1) is 16.1. The molecular formula is C15H18O5. The highest BCUT2D eigenvalue weighted by Crippen LogP contribution is 2.06. The first-order chi connectivity index (χ1) is 9.54. The van der Waals surface area contributed by atoms with Crippen LogP contribution in [0.2, 0.25) is 0 Å². The lowest BCUT2D eigenvalue weighted by molar-refractivity contribution is -0.122. The Morgan fingerprint density at radius 2 is 1.85 bits per heavy atom. The molecule has 0 heterocycles. The first-order valence-corrected chi connectivity index (χ1v) is 6.29. The quantitative estimate of drug-likeness (QED) is 0.549. The minimum absolute atomic E-state index is 0.0922. The molecule has 0 bridgehead atoms. The van der Waals surface area contributed by atoms with Gasteiger partial charge in [0.25, 0.3) is 0 Å². The summed E-state index contributed by atoms with van der Waals surface area (Å²) in [7, 11) is 0. The van der Waals surface area contributed by atoms with E-state index in [0.29, 0.717) is 5.56 Å². The minimum Gasteiger partial charge on any atom is -0.459 e. The maximum atomic E-state index is 11.6. The maximum absolute atomic E-state index is 11.6. The summed E-state index contributed by atoms with van der Waals surface area (Å²) >= 11 is 0. The van der Waals surface area contributed by atoms with Gasteiger partial charge in [0.15, 0.2) is 5.78 Å². The fraction of sp³-hybridized carbons (Fsp3) is 0.333. The molecule has 0 aliphatic carbocycles. The zero-order valence-corrected chi connectivity index (χ0v) is 11.1. The summed E-state index contributed by atoms with van der Waals surface area (Å²) in [5.41, 5.74) is 0.404. The van der Waals surface area contributed by atoms with Gasteiger partial charge in [-0.2, -0.15) is 0 Å². The molecule has 0 aliphatic heterocycles. The van der Waals surface area contributed by atoms with E-state index in [0.717, 1.165) is 6.08 Å². The molecule has 108 valence electrons. The number of ketones is 1. The Bertz CT molecular complexity index is 455. The highest BCUT2D eigenvalue weighted by molar-refractivity contribution is 5.92. The second-order valence-corrected chi connectivity index (χ2v) is 4.32. The van der Waals surface area contributed by atoms with Gasteiger partial charge in [0.2, 0.25) is 0 Å². The van der Waals surface area contributed by atoms with Crippen molar-refractivity contribution in [1.82, 2.24) is 0 Å². The molecule has 1 aromatic carbocycles. The monoisotopic (exact) mass is 278 g/mol. The minimum atomic E-state index is -1.17. The number of esters is 1. The maximum Gasteiger partial charge on any atom is 0.338 e. The number of ether oxygens (including phenoxy) is 1. The number of carbonyl (C=O) groups excluding carboxylic acids is 2. The third-order valence-electron chi connectivity index (χ3n) is 2.72. The van der Waals surface area contributed by atoms with E-state index >= 15 is 0 Å². The molecule has 2 atom stereocenters. The van der Waals surface area contributed by atoms with Crippen molar-refractivity contribution in [1.29, 1.82) is 0 Å². The molecule has 20 heavy (non-hydrogen) atoms. The molecule has 0 aliphatic rings. The number of aliphatic hydroxyl groups excluding tert-OH is 2. The number of aliphatic hydroxyl groups is 2. The van der Waals surface area contributed by atoms with Gasteiger partial charge in [0.05, 0.1) is 11.7 Å². The van der Waals surface area contributed by atoms with Crippen molar-refractivity contribution >= 4 is 11.8 Å². The molecule has 0 fully saturated rings. The Morgan fingerprint density at radius 1 is 1.20 bits per heavy atom. The number of hydrogen-bond donors (Lipinski definition) is 2. The average Bonchev–Trinajstić information content (AvgIpc) is 2.50. The van der Waals surface area contributed by atoms with Gasteiger partial charge in [-0.25, -0.2) is 4.79 Å². The highest BCUT2D eigenvalue weighted by atomic mass is 16.5. The van der Waals surface area contributed by atoms with Crippen LogP contribution < -0.4 is 0 Å². The molecule has 1 aromatic rings. The summed E-state index contributed by atoms with van der Waals surface area (Å²) < 4.78 is 4.93. The lowest BCUT2D eigenvalue weighted by atomic mass is 10.1. The molecule has 0 radical (unpaired) electrons. The van der Waals surface area contributed by atoms with Crippen LogP contribution in [-0.2, 0) is 9.53 Å². The molecule has 5 nitrogen and oxygen atoms in total. The first-order valence-electron chi connectivity index (χ1n) is 6.29. The van der Waals surface area contributed by atoms with E-state index in [-0.39, 0.29) is 19.4 Å². The largest absolute Gasteiger partial charge is 0.459 e. The summed E-state index contributed by atoms with van der Waals surface area (Å²) in [4.78, 5) is 22.6. The van der Waals surface area contributed by atoms with Crippen LogP contribution in [0.15, 0.2) is 43.0 Å². The average molecular weight is 278 g/mol. The zero-order valence-electron chi connectivity index (χ0n) is 11.1. The normalized spacial score (nSPS) is 13.3. The Labute approximate surface area is 117 Å². The second-order valence-electron chi connectivity index (χ2n) is 4.32. The van der Waals surface area contributed by atoms with Crippen molar-refractivity contribution in [3.8, 4) is 0 Å². The van der Waals surface area contributed by atoms with Gasteiger partial charge in [-0.3, -0.25) is 4.79 Å². The van der Waals surface area contributed by atoms with Crippen LogP contribution in [0.5, 0.6) is 0 Å². The molecule has 2 N–H and O–H groups in total. The van der Waals surface area contributed by atoms with Gasteiger partial charge in [-0.15, -0.1) is 0 Å². The molecule has 5 heteroatoms. The number of benzene rings is 1. The SMILES string of the molecule is C=CC(=O)C(O)CCC(O)COC(=O)c1ccccc1. The third-order valence-corrected chi connectivity index (χ3v) is 2.72. The predicted molar refractivity (Wildman–Crippen MR) is 73.2 cm³/mol. The van der Waals surface area contributed by atoms with Crippen LogP contribution in [0.25, 0.3) is 0 Å². The molecule has 0 aromatic heterocycles. The summed E-state index contributed by atoms with van der Waals surface area (Å²) in [5, 5.41) is 19.0. The topological polar surface area (TPSA) is 83.8 Å². The standard InChI is InChI=1S/C15H18O5/c1-2-13(17)14(18)9-8-12(16)10-20-15(19)11-6-4-3-5-7-11/h2-7,12,14,16,18H,1,8-10H2. The van der Waals surface area contributed by atoms with Gasteiger partial charge >= 0.3 is 5.97 Å². The van der Waals surface area contributed by atoms with E-state index in [1.54, 1.807) is 30.3 Å². The van der Waals surface area contributed by atoms with E-state index in [1.807, 2.05) is 0 Å². The molecular weight excluding hydrogens is 260 g/mol. The second kappa shape index (κ2) is 8.24. The van der Waals surface area contributed by atoms with Crippen molar-refractivity contribution < 1.29 is 24.5 Å². The molecule has 0 saturated carbocycles. The smallest absolute Gasteiger partial charge is 0.338 e. The van der Waals surface area contributed by atoms with Crippen LogP contribution in [0, 0.1) is 0 Å². The van der Waals surface area contributed by atoms with Gasteiger partial charge in [0, 0.05) is 0 Å². The number of hydrogen-bond acceptors (Lipinski definition) is 5. The van der Waals surface area contributed by atoms with Crippen LogP contribution in [0.4, 0.5) is 0 Å². The summed E-state index contributed by atoms with van der Waals surface area (Å²) in [6, 6.07) is 8.43. The van der Waals surface area contributed by atoms with E-state index in [4.69, 9.17) is 4.74 Å². The van der Waals surface area contributed by atoms with E-state index in [1.165, 1.54) is 0 Å². The molecule has 1 rings (SSSR count). The molecule has 2 unspecified atom stereocenters. The van der Waals surface area contributed by atoms with Crippen molar-refractivity contribution in [3.05, 3.63) is 48.6 Å². The van der Waals surface area contributed by atoms with Crippen LogP contribution >= 0.6 is 0 Å². The predicted octanol–water partition coefficient (Wildman–Crippen LogP) is 1.10. The molecule has 0 spiro atoms. The Kier molecular flexibility index (Phi) is 6.63. The lowest BCUT2D eigenvalue weighted by Gasteiger charge is -2.13. The lowest BCUT2D eigenvalue weighted by Crippen LogP contribution is -2.23. The third kappa shape index (κ3) is 5.34. The zero-order chi connectivity index (χ0) is 15.0. The summed E-state index contributed by atoms with van der Waals surface area (Å²) in [5.74, 6) is -1.01. The van der Waals surface area contributed by atoms with Crippen LogP contribution in [-0.4, -0.2) is 40.8 Å².